The van der Waals surface area contributed by atoms with Gasteiger partial charge in [0.1, 0.15) is 5.82 Å². The molecule has 1 aromatic heterocycles. The highest BCUT2D eigenvalue weighted by molar-refractivity contribution is 5.94. The van der Waals surface area contributed by atoms with Crippen LogP contribution in [0.3, 0.4) is 0 Å². The van der Waals surface area contributed by atoms with Crippen molar-refractivity contribution in [3.63, 3.8) is 0 Å². The number of nitrogens with zero attached hydrogens (tertiary/aromatic N) is 2. The SMILES string of the molecule is CC(=O)c1ccc(Nc2ccnc(NCCC3=CCCCC3)n2)cc1. The summed E-state index contributed by atoms with van der Waals surface area (Å²) in [5.74, 6) is 1.42. The number of aromatic nitrogens is 2. The van der Waals surface area contributed by atoms with Crippen molar-refractivity contribution in [3.8, 4) is 0 Å². The first kappa shape index (κ1) is 17.1. The summed E-state index contributed by atoms with van der Waals surface area (Å²) < 4.78 is 0. The topological polar surface area (TPSA) is 66.9 Å². The Bertz CT molecular complexity index is 753. The number of hydrogen-bond acceptors (Lipinski definition) is 5. The van der Waals surface area contributed by atoms with Crippen LogP contribution in [-0.4, -0.2) is 22.3 Å². The minimum absolute atomic E-state index is 0.0631. The van der Waals surface area contributed by atoms with Crippen LogP contribution < -0.4 is 10.6 Å². The summed E-state index contributed by atoms with van der Waals surface area (Å²) in [5, 5.41) is 6.53. The summed E-state index contributed by atoms with van der Waals surface area (Å²) in [6, 6.07) is 9.20. The molecule has 0 saturated carbocycles. The molecule has 0 spiro atoms. The zero-order valence-electron chi connectivity index (χ0n) is 14.6. The molecule has 0 bridgehead atoms. The average molecular weight is 336 g/mol. The fourth-order valence-corrected chi connectivity index (χ4v) is 2.92. The molecule has 0 saturated heterocycles. The fourth-order valence-electron chi connectivity index (χ4n) is 2.92. The number of hydrogen-bond donors (Lipinski definition) is 2. The molecular formula is C20H24N4O. The number of benzene rings is 1. The maximum atomic E-state index is 11.3. The summed E-state index contributed by atoms with van der Waals surface area (Å²) >= 11 is 0. The molecule has 2 N–H and O–H groups in total. The zero-order chi connectivity index (χ0) is 17.5. The van der Waals surface area contributed by atoms with E-state index in [4.69, 9.17) is 0 Å². The smallest absolute Gasteiger partial charge is 0.224 e. The van der Waals surface area contributed by atoms with E-state index in [0.29, 0.717) is 11.5 Å². The maximum Gasteiger partial charge on any atom is 0.224 e. The lowest BCUT2D eigenvalue weighted by atomic mass is 9.97. The molecule has 0 aliphatic heterocycles. The molecule has 1 aliphatic carbocycles. The van der Waals surface area contributed by atoms with E-state index < -0.39 is 0 Å². The van der Waals surface area contributed by atoms with Crippen LogP contribution in [0.15, 0.2) is 48.2 Å². The van der Waals surface area contributed by atoms with Gasteiger partial charge in [-0.25, -0.2) is 4.98 Å². The van der Waals surface area contributed by atoms with Gasteiger partial charge in [0.05, 0.1) is 0 Å². The highest BCUT2D eigenvalue weighted by Gasteiger charge is 2.05. The number of ketones is 1. The van der Waals surface area contributed by atoms with Crippen LogP contribution in [0.2, 0.25) is 0 Å². The van der Waals surface area contributed by atoms with E-state index in [9.17, 15) is 4.79 Å². The van der Waals surface area contributed by atoms with E-state index in [1.165, 1.54) is 25.7 Å². The maximum absolute atomic E-state index is 11.3. The highest BCUT2D eigenvalue weighted by atomic mass is 16.1. The van der Waals surface area contributed by atoms with Crippen LogP contribution in [0.25, 0.3) is 0 Å². The number of Topliss-reactive ketones (excluding diaryl/α,β-unsaturated/α-hetero) is 1. The Morgan fingerprint density at radius 1 is 1.16 bits per heavy atom. The van der Waals surface area contributed by atoms with Gasteiger partial charge in [0, 0.05) is 24.0 Å². The molecule has 5 heteroatoms. The van der Waals surface area contributed by atoms with Gasteiger partial charge in [-0.3, -0.25) is 4.79 Å². The zero-order valence-corrected chi connectivity index (χ0v) is 14.6. The summed E-state index contributed by atoms with van der Waals surface area (Å²) in [5.41, 5.74) is 3.13. The minimum Gasteiger partial charge on any atom is -0.354 e. The van der Waals surface area contributed by atoms with Crippen molar-refractivity contribution in [1.29, 1.82) is 0 Å². The molecule has 25 heavy (non-hydrogen) atoms. The standard InChI is InChI=1S/C20H24N4O/c1-15(25)17-7-9-18(10-8-17)23-19-12-14-22-20(24-19)21-13-11-16-5-3-2-4-6-16/h5,7-10,12,14H,2-4,6,11,13H2,1H3,(H2,21,22,23,24). The molecule has 2 aromatic rings. The Balaban J connectivity index is 1.55. The van der Waals surface area contributed by atoms with Gasteiger partial charge in [-0.2, -0.15) is 4.98 Å². The van der Waals surface area contributed by atoms with E-state index in [1.807, 2.05) is 30.3 Å². The molecule has 1 heterocycles. The molecule has 0 amide bonds. The first-order valence-corrected chi connectivity index (χ1v) is 8.83. The normalized spacial score (nSPS) is 13.9. The Hall–Kier alpha value is -2.69. The van der Waals surface area contributed by atoms with Gasteiger partial charge in [-0.15, -0.1) is 0 Å². The third kappa shape index (κ3) is 5.14. The number of nitrogens with one attached hydrogen (secondary N) is 2. The minimum atomic E-state index is 0.0631. The fraction of sp³-hybridized carbons (Fsp3) is 0.350. The molecule has 0 fully saturated rings. The Morgan fingerprint density at radius 2 is 2.00 bits per heavy atom. The molecule has 0 unspecified atom stereocenters. The number of carbonyl (C=O) groups is 1. The predicted molar refractivity (Wildman–Crippen MR) is 101 cm³/mol. The third-order valence-electron chi connectivity index (χ3n) is 4.33. The van der Waals surface area contributed by atoms with Gasteiger partial charge in [0.25, 0.3) is 0 Å². The van der Waals surface area contributed by atoms with Gasteiger partial charge in [-0.1, -0.05) is 11.6 Å². The van der Waals surface area contributed by atoms with Crippen molar-refractivity contribution < 1.29 is 4.79 Å². The number of carbonyl (C=O) groups excluding carboxylic acids is 1. The number of rotatable bonds is 7. The van der Waals surface area contributed by atoms with Crippen molar-refractivity contribution in [2.45, 2.75) is 39.0 Å². The van der Waals surface area contributed by atoms with Gasteiger partial charge in [0.2, 0.25) is 5.95 Å². The number of anilines is 3. The van der Waals surface area contributed by atoms with Gasteiger partial charge < -0.3 is 10.6 Å². The van der Waals surface area contributed by atoms with Crippen LogP contribution in [0.5, 0.6) is 0 Å². The Morgan fingerprint density at radius 3 is 2.72 bits per heavy atom. The summed E-state index contributed by atoms with van der Waals surface area (Å²) in [4.78, 5) is 20.1. The summed E-state index contributed by atoms with van der Waals surface area (Å²) in [6.07, 6.45) is 10.2. The molecule has 0 atom stereocenters. The summed E-state index contributed by atoms with van der Waals surface area (Å²) in [7, 11) is 0. The molecule has 3 rings (SSSR count). The number of allylic oxidation sites excluding steroid dienone is 1. The van der Waals surface area contributed by atoms with Crippen molar-refractivity contribution >= 4 is 23.2 Å². The highest BCUT2D eigenvalue weighted by Crippen LogP contribution is 2.20. The van der Waals surface area contributed by atoms with Crippen LogP contribution in [0.4, 0.5) is 17.5 Å². The van der Waals surface area contributed by atoms with E-state index in [2.05, 4.69) is 26.7 Å². The van der Waals surface area contributed by atoms with Crippen molar-refractivity contribution in [1.82, 2.24) is 9.97 Å². The molecule has 1 aromatic carbocycles. The molecule has 0 radical (unpaired) electrons. The molecule has 5 nitrogen and oxygen atoms in total. The van der Waals surface area contributed by atoms with E-state index in [-0.39, 0.29) is 5.78 Å². The van der Waals surface area contributed by atoms with Gasteiger partial charge in [0.15, 0.2) is 5.78 Å². The first-order chi connectivity index (χ1) is 12.2. The first-order valence-electron chi connectivity index (χ1n) is 8.83. The largest absolute Gasteiger partial charge is 0.354 e. The molecule has 130 valence electrons. The van der Waals surface area contributed by atoms with Gasteiger partial charge in [-0.05, 0) is 69.4 Å². The lowest BCUT2D eigenvalue weighted by Crippen LogP contribution is -2.08. The van der Waals surface area contributed by atoms with Crippen LogP contribution in [0.1, 0.15) is 49.4 Å². The van der Waals surface area contributed by atoms with Crippen LogP contribution in [0, 0.1) is 0 Å². The molecule has 1 aliphatic rings. The van der Waals surface area contributed by atoms with E-state index in [1.54, 1.807) is 18.7 Å². The average Bonchev–Trinajstić information content (AvgIpc) is 2.63. The molecular weight excluding hydrogens is 312 g/mol. The second kappa shape index (κ2) is 8.42. The van der Waals surface area contributed by atoms with Crippen LogP contribution in [-0.2, 0) is 0 Å². The second-order valence-corrected chi connectivity index (χ2v) is 6.31. The third-order valence-corrected chi connectivity index (χ3v) is 4.33. The van der Waals surface area contributed by atoms with Gasteiger partial charge >= 0.3 is 0 Å². The predicted octanol–water partition coefficient (Wildman–Crippen LogP) is 4.73. The van der Waals surface area contributed by atoms with E-state index in [0.717, 1.165) is 24.5 Å². The van der Waals surface area contributed by atoms with Crippen molar-refractivity contribution in [2.75, 3.05) is 17.2 Å². The Labute approximate surface area is 148 Å². The van der Waals surface area contributed by atoms with Crippen molar-refractivity contribution in [2.24, 2.45) is 0 Å². The monoisotopic (exact) mass is 336 g/mol. The summed E-state index contributed by atoms with van der Waals surface area (Å²) in [6.45, 7) is 2.41. The lowest BCUT2D eigenvalue weighted by molar-refractivity contribution is 0.101. The Kier molecular flexibility index (Phi) is 5.77. The quantitative estimate of drug-likeness (QED) is 0.565. The second-order valence-electron chi connectivity index (χ2n) is 6.31. The van der Waals surface area contributed by atoms with Crippen LogP contribution >= 0.6 is 0 Å². The lowest BCUT2D eigenvalue weighted by Gasteiger charge is -2.13. The van der Waals surface area contributed by atoms with E-state index >= 15 is 0 Å². The van der Waals surface area contributed by atoms with Crippen molar-refractivity contribution in [3.05, 3.63) is 53.7 Å².